The number of hydrogen-bond acceptors (Lipinski definition) is 4. The van der Waals surface area contributed by atoms with Gasteiger partial charge in [0.15, 0.2) is 0 Å². The van der Waals surface area contributed by atoms with Crippen LogP contribution in [0.1, 0.15) is 12.8 Å². The zero-order valence-electron chi connectivity index (χ0n) is 7.53. The van der Waals surface area contributed by atoms with Crippen LogP contribution in [-0.4, -0.2) is 40.0 Å². The van der Waals surface area contributed by atoms with E-state index < -0.39 is 10.0 Å². The topological polar surface area (TPSA) is 81.4 Å². The molecule has 1 unspecified atom stereocenters. The molecule has 6 heteroatoms. The minimum Gasteiger partial charge on any atom is -0.377 e. The fraction of sp³-hybridized carbons (Fsp3) is 1.00. The summed E-state index contributed by atoms with van der Waals surface area (Å²) < 4.78 is 30.0. The van der Waals surface area contributed by atoms with Gasteiger partial charge in [0.05, 0.1) is 11.9 Å². The maximum Gasteiger partial charge on any atom is 0.212 e. The molecule has 13 heavy (non-hydrogen) atoms. The smallest absolute Gasteiger partial charge is 0.212 e. The second kappa shape index (κ2) is 4.90. The third-order valence-corrected chi connectivity index (χ3v) is 3.32. The first-order chi connectivity index (χ1) is 6.14. The van der Waals surface area contributed by atoms with E-state index >= 15 is 0 Å². The maximum atomic E-state index is 11.1. The summed E-state index contributed by atoms with van der Waals surface area (Å²) in [4.78, 5) is 0. The van der Waals surface area contributed by atoms with Gasteiger partial charge in [0.25, 0.3) is 0 Å². The summed E-state index contributed by atoms with van der Waals surface area (Å²) in [6, 6.07) is 0. The third-order valence-electron chi connectivity index (χ3n) is 1.94. The van der Waals surface area contributed by atoms with Gasteiger partial charge >= 0.3 is 0 Å². The molecule has 1 heterocycles. The minimum atomic E-state index is -3.17. The molecule has 1 rings (SSSR count). The molecule has 1 aliphatic rings. The van der Waals surface area contributed by atoms with E-state index in [0.717, 1.165) is 19.4 Å². The average Bonchev–Trinajstić information content (AvgIpc) is 2.52. The molecule has 0 aromatic heterocycles. The van der Waals surface area contributed by atoms with Crippen LogP contribution in [0.3, 0.4) is 0 Å². The quantitative estimate of drug-likeness (QED) is 0.610. The van der Waals surface area contributed by atoms with Crippen molar-refractivity contribution in [1.82, 2.24) is 4.72 Å². The number of hydrogen-bond donors (Lipinski definition) is 2. The SMILES string of the molecule is NCCS(=O)(=O)NCC1CCCO1. The number of sulfonamides is 1. The molecule has 1 saturated heterocycles. The highest BCUT2D eigenvalue weighted by Crippen LogP contribution is 2.10. The first kappa shape index (κ1) is 10.9. The van der Waals surface area contributed by atoms with E-state index in [4.69, 9.17) is 10.5 Å². The Morgan fingerprint density at radius 1 is 1.54 bits per heavy atom. The van der Waals surface area contributed by atoms with Crippen molar-refractivity contribution < 1.29 is 13.2 Å². The summed E-state index contributed by atoms with van der Waals surface area (Å²) in [6.45, 7) is 1.27. The predicted molar refractivity (Wildman–Crippen MR) is 49.8 cm³/mol. The molecule has 0 radical (unpaired) electrons. The number of nitrogens with one attached hydrogen (secondary N) is 1. The Balaban J connectivity index is 2.24. The largest absolute Gasteiger partial charge is 0.377 e. The molecule has 0 aromatic rings. The zero-order valence-corrected chi connectivity index (χ0v) is 8.35. The molecule has 0 bridgehead atoms. The van der Waals surface area contributed by atoms with E-state index in [1.807, 2.05) is 0 Å². The highest BCUT2D eigenvalue weighted by atomic mass is 32.2. The van der Waals surface area contributed by atoms with Gasteiger partial charge in [-0.2, -0.15) is 0 Å². The van der Waals surface area contributed by atoms with Crippen LogP contribution in [0.4, 0.5) is 0 Å². The van der Waals surface area contributed by atoms with Crippen LogP contribution in [0.25, 0.3) is 0 Å². The van der Waals surface area contributed by atoms with Crippen LogP contribution < -0.4 is 10.5 Å². The molecule has 1 aliphatic heterocycles. The van der Waals surface area contributed by atoms with E-state index in [2.05, 4.69) is 4.72 Å². The normalized spacial score (nSPS) is 23.6. The number of nitrogens with two attached hydrogens (primary N) is 1. The highest BCUT2D eigenvalue weighted by molar-refractivity contribution is 7.89. The van der Waals surface area contributed by atoms with Crippen LogP contribution in [0.5, 0.6) is 0 Å². The Labute approximate surface area is 78.7 Å². The molecule has 1 fully saturated rings. The summed E-state index contributed by atoms with van der Waals surface area (Å²) >= 11 is 0. The summed E-state index contributed by atoms with van der Waals surface area (Å²) in [5.74, 6) is -0.0142. The first-order valence-corrected chi connectivity index (χ1v) is 6.08. The molecule has 0 spiro atoms. The fourth-order valence-corrected chi connectivity index (χ4v) is 2.15. The molecule has 78 valence electrons. The molecule has 0 aliphatic carbocycles. The maximum absolute atomic E-state index is 11.1. The lowest BCUT2D eigenvalue weighted by molar-refractivity contribution is 0.114. The molecule has 5 nitrogen and oxygen atoms in total. The van der Waals surface area contributed by atoms with Gasteiger partial charge in [0.1, 0.15) is 0 Å². The van der Waals surface area contributed by atoms with E-state index in [9.17, 15) is 8.42 Å². The Bertz CT molecular complexity index is 234. The predicted octanol–water partition coefficient (Wildman–Crippen LogP) is -0.956. The molecular formula is C7H16N2O3S. The van der Waals surface area contributed by atoms with Gasteiger partial charge < -0.3 is 10.5 Å². The van der Waals surface area contributed by atoms with Crippen molar-refractivity contribution in [3.8, 4) is 0 Å². The Morgan fingerprint density at radius 3 is 2.85 bits per heavy atom. The molecule has 1 atom stereocenters. The fourth-order valence-electron chi connectivity index (χ4n) is 1.25. The van der Waals surface area contributed by atoms with Crippen molar-refractivity contribution in [1.29, 1.82) is 0 Å². The summed E-state index contributed by atoms with van der Waals surface area (Å²) in [5, 5.41) is 0. The van der Waals surface area contributed by atoms with Crippen molar-refractivity contribution in [3.05, 3.63) is 0 Å². The number of ether oxygens (including phenoxy) is 1. The van der Waals surface area contributed by atoms with Gasteiger partial charge in [-0.25, -0.2) is 13.1 Å². The monoisotopic (exact) mass is 208 g/mol. The van der Waals surface area contributed by atoms with E-state index in [1.54, 1.807) is 0 Å². The van der Waals surface area contributed by atoms with Crippen molar-refractivity contribution in [2.75, 3.05) is 25.4 Å². The molecule has 0 aromatic carbocycles. The average molecular weight is 208 g/mol. The molecular weight excluding hydrogens is 192 g/mol. The Kier molecular flexibility index (Phi) is 4.11. The van der Waals surface area contributed by atoms with Gasteiger partial charge in [-0.15, -0.1) is 0 Å². The van der Waals surface area contributed by atoms with Crippen LogP contribution in [0.2, 0.25) is 0 Å². The molecule has 3 N–H and O–H groups in total. The van der Waals surface area contributed by atoms with Gasteiger partial charge in [0, 0.05) is 19.7 Å². The lowest BCUT2D eigenvalue weighted by Gasteiger charge is -2.10. The highest BCUT2D eigenvalue weighted by Gasteiger charge is 2.18. The van der Waals surface area contributed by atoms with Crippen LogP contribution in [0, 0.1) is 0 Å². The standard InChI is InChI=1S/C7H16N2O3S/c8-3-5-13(10,11)9-6-7-2-1-4-12-7/h7,9H,1-6,8H2. The van der Waals surface area contributed by atoms with Gasteiger partial charge in [-0.05, 0) is 12.8 Å². The summed E-state index contributed by atoms with van der Waals surface area (Å²) in [6.07, 6.45) is 2.00. The third kappa shape index (κ3) is 4.04. The van der Waals surface area contributed by atoms with Crippen LogP contribution >= 0.6 is 0 Å². The minimum absolute atomic E-state index is 0.0142. The van der Waals surface area contributed by atoms with Crippen LogP contribution in [0.15, 0.2) is 0 Å². The summed E-state index contributed by atoms with van der Waals surface area (Å²) in [5.41, 5.74) is 5.15. The van der Waals surface area contributed by atoms with E-state index in [1.165, 1.54) is 0 Å². The van der Waals surface area contributed by atoms with Crippen molar-refractivity contribution in [2.24, 2.45) is 5.73 Å². The van der Waals surface area contributed by atoms with Crippen molar-refractivity contribution in [3.63, 3.8) is 0 Å². The lowest BCUT2D eigenvalue weighted by atomic mass is 10.2. The zero-order chi connectivity index (χ0) is 9.73. The van der Waals surface area contributed by atoms with Crippen LogP contribution in [-0.2, 0) is 14.8 Å². The second-order valence-corrected chi connectivity index (χ2v) is 5.02. The van der Waals surface area contributed by atoms with Gasteiger partial charge in [-0.1, -0.05) is 0 Å². The first-order valence-electron chi connectivity index (χ1n) is 4.43. The second-order valence-electron chi connectivity index (χ2n) is 3.09. The molecule has 0 saturated carbocycles. The van der Waals surface area contributed by atoms with Gasteiger partial charge in [0.2, 0.25) is 10.0 Å². The van der Waals surface area contributed by atoms with E-state index in [-0.39, 0.29) is 18.4 Å². The lowest BCUT2D eigenvalue weighted by Crippen LogP contribution is -2.35. The van der Waals surface area contributed by atoms with Crippen molar-refractivity contribution >= 4 is 10.0 Å². The number of rotatable bonds is 5. The Hall–Kier alpha value is -0.170. The van der Waals surface area contributed by atoms with Gasteiger partial charge in [-0.3, -0.25) is 0 Å². The van der Waals surface area contributed by atoms with Crippen molar-refractivity contribution in [2.45, 2.75) is 18.9 Å². The van der Waals surface area contributed by atoms with E-state index in [0.29, 0.717) is 6.54 Å². The Morgan fingerprint density at radius 2 is 2.31 bits per heavy atom. The molecule has 0 amide bonds. The summed E-state index contributed by atoms with van der Waals surface area (Å²) in [7, 11) is -3.17.